The maximum Gasteiger partial charge on any atom is 0.270 e. The molecule has 2 aromatic carbocycles. The zero-order valence-electron chi connectivity index (χ0n) is 17.4. The van der Waals surface area contributed by atoms with Crippen LogP contribution < -0.4 is 10.5 Å². The number of hydrogen-bond acceptors (Lipinski definition) is 5. The monoisotopic (exact) mass is 416 g/mol. The van der Waals surface area contributed by atoms with Gasteiger partial charge in [0.05, 0.1) is 11.2 Å². The highest BCUT2D eigenvalue weighted by atomic mass is 19.1. The first-order valence-corrected chi connectivity index (χ1v) is 10.3. The highest BCUT2D eigenvalue weighted by Crippen LogP contribution is 2.35. The highest BCUT2D eigenvalue weighted by molar-refractivity contribution is 5.95. The predicted molar refractivity (Wildman–Crippen MR) is 117 cm³/mol. The Morgan fingerprint density at radius 2 is 1.97 bits per heavy atom. The van der Waals surface area contributed by atoms with Crippen LogP contribution in [0.2, 0.25) is 0 Å². The predicted octanol–water partition coefficient (Wildman–Crippen LogP) is 4.38. The number of hydrogen-bond donors (Lipinski definition) is 0. The van der Waals surface area contributed by atoms with Gasteiger partial charge in [0.25, 0.3) is 5.56 Å². The number of fused-ring (bicyclic) bond motifs is 2. The van der Waals surface area contributed by atoms with Gasteiger partial charge in [-0.25, -0.2) is 9.37 Å². The summed E-state index contributed by atoms with van der Waals surface area (Å²) in [4.78, 5) is 19.5. The third-order valence-electron chi connectivity index (χ3n) is 6.16. The van der Waals surface area contributed by atoms with Crippen molar-refractivity contribution in [2.75, 3.05) is 18.0 Å². The first-order valence-electron chi connectivity index (χ1n) is 10.3. The fraction of sp³-hybridized carbons (Fsp3) is 0.292. The second kappa shape index (κ2) is 7.24. The molecule has 7 heteroatoms. The van der Waals surface area contributed by atoms with Gasteiger partial charge in [-0.1, -0.05) is 6.07 Å². The molecular weight excluding hydrogens is 395 g/mol. The topological polar surface area (TPSA) is 75.1 Å². The highest BCUT2D eigenvalue weighted by Gasteiger charge is 2.28. The van der Waals surface area contributed by atoms with E-state index in [-0.39, 0.29) is 11.5 Å². The van der Waals surface area contributed by atoms with Gasteiger partial charge < -0.3 is 13.9 Å². The van der Waals surface area contributed by atoms with Crippen LogP contribution in [0.4, 0.5) is 10.1 Å². The molecule has 1 aliphatic heterocycles. The van der Waals surface area contributed by atoms with Crippen LogP contribution in [0.1, 0.15) is 35.8 Å². The van der Waals surface area contributed by atoms with Gasteiger partial charge in [0, 0.05) is 31.4 Å². The van der Waals surface area contributed by atoms with Gasteiger partial charge in [0.1, 0.15) is 23.0 Å². The molecule has 31 heavy (non-hydrogen) atoms. The summed E-state index contributed by atoms with van der Waals surface area (Å²) in [6.45, 7) is 3.33. The van der Waals surface area contributed by atoms with Crippen LogP contribution in [0.3, 0.4) is 0 Å². The molecule has 1 fully saturated rings. The van der Waals surface area contributed by atoms with Crippen molar-refractivity contribution in [3.05, 3.63) is 69.6 Å². The Morgan fingerprint density at radius 3 is 2.71 bits per heavy atom. The van der Waals surface area contributed by atoms with Crippen molar-refractivity contribution in [3.63, 3.8) is 0 Å². The van der Waals surface area contributed by atoms with Gasteiger partial charge in [-0.2, -0.15) is 5.26 Å². The Hall–Kier alpha value is -3.66. The van der Waals surface area contributed by atoms with Gasteiger partial charge >= 0.3 is 0 Å². The van der Waals surface area contributed by atoms with E-state index in [1.165, 1.54) is 16.7 Å². The lowest BCUT2D eigenvalue weighted by atomic mass is 9.95. The molecule has 0 unspecified atom stereocenters. The Labute approximate surface area is 178 Å². The summed E-state index contributed by atoms with van der Waals surface area (Å²) in [6, 6.07) is 12.4. The first-order chi connectivity index (χ1) is 15.0. The van der Waals surface area contributed by atoms with Crippen LogP contribution in [0, 0.1) is 24.1 Å². The van der Waals surface area contributed by atoms with Crippen LogP contribution >= 0.6 is 0 Å². The lowest BCUT2D eigenvalue weighted by molar-refractivity contribution is 0.407. The van der Waals surface area contributed by atoms with E-state index in [9.17, 15) is 14.4 Å². The number of pyridine rings is 1. The standard InChI is InChI=1S/C24H21FN4O2/c1-14-3-6-21-19(11-14)27-23(31-21)15-7-9-29(10-8-15)22-17-5-4-16(25)12-20(17)28(2)24(30)18(22)13-26/h3-6,11-12,15H,7-10H2,1-2H3. The Morgan fingerprint density at radius 1 is 1.19 bits per heavy atom. The van der Waals surface area contributed by atoms with Crippen LogP contribution in [0.25, 0.3) is 22.0 Å². The number of aryl methyl sites for hydroxylation is 2. The third kappa shape index (κ3) is 3.15. The van der Waals surface area contributed by atoms with Crippen LogP contribution in [-0.2, 0) is 7.05 Å². The molecule has 0 radical (unpaired) electrons. The normalized spacial score (nSPS) is 15.0. The largest absolute Gasteiger partial charge is 0.440 e. The lowest BCUT2D eigenvalue weighted by Gasteiger charge is -2.33. The molecule has 0 amide bonds. The Bertz CT molecular complexity index is 1420. The molecule has 2 aromatic heterocycles. The van der Waals surface area contributed by atoms with Gasteiger partial charge in [-0.15, -0.1) is 0 Å². The molecular formula is C24H21FN4O2. The van der Waals surface area contributed by atoms with Gasteiger partial charge in [-0.05, 0) is 55.7 Å². The van der Waals surface area contributed by atoms with Crippen molar-refractivity contribution in [1.29, 1.82) is 5.26 Å². The molecule has 4 aromatic rings. The summed E-state index contributed by atoms with van der Waals surface area (Å²) in [6.07, 6.45) is 1.57. The van der Waals surface area contributed by atoms with Gasteiger partial charge in [0.15, 0.2) is 11.5 Å². The van der Waals surface area contributed by atoms with E-state index in [0.717, 1.165) is 35.4 Å². The van der Waals surface area contributed by atoms with Crippen molar-refractivity contribution >= 4 is 27.7 Å². The van der Waals surface area contributed by atoms with Crippen molar-refractivity contribution in [1.82, 2.24) is 9.55 Å². The fourth-order valence-corrected chi connectivity index (χ4v) is 4.50. The molecule has 0 spiro atoms. The molecule has 1 aliphatic rings. The van der Waals surface area contributed by atoms with Crippen LogP contribution in [-0.4, -0.2) is 22.6 Å². The average Bonchev–Trinajstić information content (AvgIpc) is 3.19. The average molecular weight is 416 g/mol. The first kappa shape index (κ1) is 19.3. The second-order valence-electron chi connectivity index (χ2n) is 8.15. The number of anilines is 1. The molecule has 6 nitrogen and oxygen atoms in total. The smallest absolute Gasteiger partial charge is 0.270 e. The minimum Gasteiger partial charge on any atom is -0.440 e. The number of oxazole rings is 1. The van der Waals surface area contributed by atoms with Gasteiger partial charge in [0.2, 0.25) is 0 Å². The van der Waals surface area contributed by atoms with Crippen molar-refractivity contribution in [3.8, 4) is 6.07 Å². The van der Waals surface area contributed by atoms with Crippen molar-refractivity contribution < 1.29 is 8.81 Å². The summed E-state index contributed by atoms with van der Waals surface area (Å²) in [5.74, 6) is 0.490. The molecule has 5 rings (SSSR count). The molecule has 0 aliphatic carbocycles. The van der Waals surface area contributed by atoms with E-state index >= 15 is 0 Å². The zero-order valence-corrected chi connectivity index (χ0v) is 17.4. The van der Waals surface area contributed by atoms with E-state index in [0.29, 0.717) is 29.7 Å². The molecule has 0 atom stereocenters. The van der Waals surface area contributed by atoms with Crippen molar-refractivity contribution in [2.24, 2.45) is 7.05 Å². The van der Waals surface area contributed by atoms with Crippen LogP contribution in [0.15, 0.2) is 45.6 Å². The van der Waals surface area contributed by atoms with Crippen LogP contribution in [0.5, 0.6) is 0 Å². The van der Waals surface area contributed by atoms with Gasteiger partial charge in [-0.3, -0.25) is 4.79 Å². The maximum absolute atomic E-state index is 13.8. The quantitative estimate of drug-likeness (QED) is 0.485. The van der Waals surface area contributed by atoms with E-state index < -0.39 is 11.4 Å². The summed E-state index contributed by atoms with van der Waals surface area (Å²) in [5.41, 5.74) is 3.55. The molecule has 0 bridgehead atoms. The maximum atomic E-state index is 13.8. The Balaban J connectivity index is 1.49. The molecule has 3 heterocycles. The third-order valence-corrected chi connectivity index (χ3v) is 6.16. The number of rotatable bonds is 2. The van der Waals surface area contributed by atoms with E-state index in [2.05, 4.69) is 16.0 Å². The minimum absolute atomic E-state index is 0.0948. The number of halogens is 1. The number of nitrogens with zero attached hydrogens (tertiary/aromatic N) is 4. The molecule has 0 saturated carbocycles. The SMILES string of the molecule is Cc1ccc2oc(C3CCN(c4c(C#N)c(=O)n(C)c5cc(F)ccc45)CC3)nc2c1. The van der Waals surface area contributed by atoms with E-state index in [1.54, 1.807) is 13.1 Å². The second-order valence-corrected chi connectivity index (χ2v) is 8.15. The molecule has 156 valence electrons. The number of aromatic nitrogens is 2. The molecule has 1 saturated heterocycles. The van der Waals surface area contributed by atoms with Crippen molar-refractivity contribution in [2.45, 2.75) is 25.7 Å². The Kier molecular flexibility index (Phi) is 4.51. The fourth-order valence-electron chi connectivity index (χ4n) is 4.50. The van der Waals surface area contributed by atoms with E-state index in [1.807, 2.05) is 25.1 Å². The summed E-state index contributed by atoms with van der Waals surface area (Å²) in [7, 11) is 1.57. The zero-order chi connectivity index (χ0) is 21.7. The summed E-state index contributed by atoms with van der Waals surface area (Å²) < 4.78 is 21.2. The number of piperidine rings is 1. The minimum atomic E-state index is -0.414. The number of nitriles is 1. The summed E-state index contributed by atoms with van der Waals surface area (Å²) >= 11 is 0. The van der Waals surface area contributed by atoms with E-state index in [4.69, 9.17) is 4.42 Å². The lowest BCUT2D eigenvalue weighted by Crippen LogP contribution is -2.35. The number of benzene rings is 2. The molecule has 0 N–H and O–H groups in total. The summed E-state index contributed by atoms with van der Waals surface area (Å²) in [5, 5.41) is 10.4.